The Bertz CT molecular complexity index is 457. The molecule has 14 heavy (non-hydrogen) atoms. The van der Waals surface area contributed by atoms with E-state index < -0.39 is 0 Å². The van der Waals surface area contributed by atoms with Gasteiger partial charge in [-0.1, -0.05) is 59.0 Å². The van der Waals surface area contributed by atoms with Crippen molar-refractivity contribution < 1.29 is 0 Å². The number of alkyl halides is 1. The van der Waals surface area contributed by atoms with Crippen molar-refractivity contribution in [2.24, 2.45) is 5.73 Å². The summed E-state index contributed by atoms with van der Waals surface area (Å²) in [7, 11) is 0. The molecule has 2 aromatic carbocycles. The van der Waals surface area contributed by atoms with E-state index in [-0.39, 0.29) is 3.55 Å². The average Bonchev–Trinajstić information content (AvgIpc) is 2.16. The zero-order valence-electron chi connectivity index (χ0n) is 8.00. The zero-order chi connectivity index (χ0) is 10.2. The Morgan fingerprint density at radius 1 is 1.07 bits per heavy atom. The van der Waals surface area contributed by atoms with Gasteiger partial charge >= 0.3 is 0 Å². The lowest BCUT2D eigenvalue weighted by molar-refractivity contribution is 0.781. The molecule has 2 rings (SSSR count). The molecule has 0 spiro atoms. The molecule has 0 bridgehead atoms. The van der Waals surface area contributed by atoms with Gasteiger partial charge in [0.05, 0.1) is 3.55 Å². The molecule has 2 N–H and O–H groups in total. The number of hydrogen-bond donors (Lipinski definition) is 1. The van der Waals surface area contributed by atoms with Crippen LogP contribution in [0.5, 0.6) is 0 Å². The van der Waals surface area contributed by atoms with Crippen LogP contribution in [0.25, 0.3) is 10.8 Å². The molecule has 0 fully saturated rings. The van der Waals surface area contributed by atoms with Crippen LogP contribution in [0.1, 0.15) is 12.5 Å². The van der Waals surface area contributed by atoms with Crippen molar-refractivity contribution in [2.75, 3.05) is 0 Å². The number of halogens is 1. The van der Waals surface area contributed by atoms with Crippen LogP contribution in [0.2, 0.25) is 0 Å². The summed E-state index contributed by atoms with van der Waals surface area (Å²) in [6.45, 7) is 2.01. The third kappa shape index (κ3) is 1.91. The minimum absolute atomic E-state index is 0.290. The highest BCUT2D eigenvalue weighted by molar-refractivity contribution is 14.1. The quantitative estimate of drug-likeness (QED) is 0.487. The van der Waals surface area contributed by atoms with Gasteiger partial charge in [0, 0.05) is 0 Å². The largest absolute Gasteiger partial charge is 0.313 e. The van der Waals surface area contributed by atoms with Gasteiger partial charge in [-0.25, -0.2) is 0 Å². The first-order valence-corrected chi connectivity index (χ1v) is 5.62. The highest BCUT2D eigenvalue weighted by atomic mass is 127. The van der Waals surface area contributed by atoms with E-state index in [4.69, 9.17) is 5.73 Å². The first kappa shape index (κ1) is 9.93. The van der Waals surface area contributed by atoms with Gasteiger partial charge in [-0.3, -0.25) is 0 Å². The Morgan fingerprint density at radius 3 is 2.36 bits per heavy atom. The maximum atomic E-state index is 6.03. The van der Waals surface area contributed by atoms with Crippen LogP contribution in [0.4, 0.5) is 0 Å². The van der Waals surface area contributed by atoms with Crippen molar-refractivity contribution in [3.05, 3.63) is 48.0 Å². The molecule has 1 atom stereocenters. The molecule has 0 amide bonds. The van der Waals surface area contributed by atoms with Crippen molar-refractivity contribution in [3.63, 3.8) is 0 Å². The zero-order valence-corrected chi connectivity index (χ0v) is 10.2. The molecule has 0 saturated carbocycles. The summed E-state index contributed by atoms with van der Waals surface area (Å²) in [6, 6.07) is 14.7. The number of nitrogens with two attached hydrogens (primary N) is 1. The first-order valence-electron chi connectivity index (χ1n) is 4.54. The molecular weight excluding hydrogens is 285 g/mol. The Balaban J connectivity index is 2.63. The lowest BCUT2D eigenvalue weighted by Gasteiger charge is -2.17. The van der Waals surface area contributed by atoms with Gasteiger partial charge in [0.1, 0.15) is 0 Å². The predicted molar refractivity (Wildman–Crippen MR) is 69.5 cm³/mol. The topological polar surface area (TPSA) is 26.0 Å². The van der Waals surface area contributed by atoms with Gasteiger partial charge in [-0.2, -0.15) is 0 Å². The van der Waals surface area contributed by atoms with E-state index in [9.17, 15) is 0 Å². The molecule has 72 valence electrons. The second kappa shape index (κ2) is 3.51. The first-order chi connectivity index (χ1) is 6.57. The Hall–Kier alpha value is -0.610. The molecular formula is C12H12IN. The van der Waals surface area contributed by atoms with Crippen LogP contribution in [0, 0.1) is 0 Å². The van der Waals surface area contributed by atoms with Crippen molar-refractivity contribution in [1.82, 2.24) is 0 Å². The number of fused-ring (bicyclic) bond motifs is 1. The standard InChI is InChI=1S/C12H12IN/c1-12(13,14)11-7-6-9-4-2-3-5-10(9)8-11/h2-8H,14H2,1H3/t12-/m1/s1. The summed E-state index contributed by atoms with van der Waals surface area (Å²) in [5.74, 6) is 0. The smallest absolute Gasteiger partial charge is 0.0906 e. The van der Waals surface area contributed by atoms with Crippen LogP contribution in [0.3, 0.4) is 0 Å². The Labute approximate surface area is 97.4 Å². The highest BCUT2D eigenvalue weighted by Crippen LogP contribution is 2.27. The average molecular weight is 297 g/mol. The second-order valence-electron chi connectivity index (χ2n) is 3.64. The second-order valence-corrected chi connectivity index (χ2v) is 5.88. The van der Waals surface area contributed by atoms with Crippen molar-refractivity contribution in [2.45, 2.75) is 10.5 Å². The van der Waals surface area contributed by atoms with E-state index in [0.717, 1.165) is 5.56 Å². The molecule has 2 aromatic rings. The van der Waals surface area contributed by atoms with Gasteiger partial charge in [0.25, 0.3) is 0 Å². The molecule has 0 aliphatic rings. The summed E-state index contributed by atoms with van der Waals surface area (Å²) >= 11 is 2.25. The van der Waals surface area contributed by atoms with Crippen molar-refractivity contribution in [3.8, 4) is 0 Å². The van der Waals surface area contributed by atoms with Gasteiger partial charge in [0.2, 0.25) is 0 Å². The number of benzene rings is 2. The van der Waals surface area contributed by atoms with E-state index in [1.165, 1.54) is 10.8 Å². The molecule has 0 unspecified atom stereocenters. The number of rotatable bonds is 1. The minimum Gasteiger partial charge on any atom is -0.313 e. The third-order valence-corrected chi connectivity index (χ3v) is 2.94. The fourth-order valence-electron chi connectivity index (χ4n) is 1.49. The van der Waals surface area contributed by atoms with Crippen LogP contribution < -0.4 is 5.73 Å². The fourth-order valence-corrected chi connectivity index (χ4v) is 1.83. The van der Waals surface area contributed by atoms with Crippen LogP contribution in [0.15, 0.2) is 42.5 Å². The minimum atomic E-state index is -0.290. The summed E-state index contributed by atoms with van der Waals surface area (Å²) < 4.78 is -0.290. The molecule has 2 heteroatoms. The summed E-state index contributed by atoms with van der Waals surface area (Å²) in [5.41, 5.74) is 7.20. The number of hydrogen-bond acceptors (Lipinski definition) is 1. The predicted octanol–water partition coefficient (Wildman–Crippen LogP) is 3.41. The highest BCUT2D eigenvalue weighted by Gasteiger charge is 2.15. The lowest BCUT2D eigenvalue weighted by atomic mass is 10.0. The van der Waals surface area contributed by atoms with E-state index in [1.54, 1.807) is 0 Å². The summed E-state index contributed by atoms with van der Waals surface area (Å²) in [6.07, 6.45) is 0. The van der Waals surface area contributed by atoms with E-state index in [2.05, 4.69) is 52.9 Å². The van der Waals surface area contributed by atoms with Gasteiger partial charge in [-0.15, -0.1) is 0 Å². The van der Waals surface area contributed by atoms with Gasteiger partial charge in [0.15, 0.2) is 0 Å². The van der Waals surface area contributed by atoms with Gasteiger partial charge < -0.3 is 5.73 Å². The summed E-state index contributed by atoms with van der Waals surface area (Å²) in [5, 5.41) is 2.51. The van der Waals surface area contributed by atoms with Crippen LogP contribution >= 0.6 is 22.6 Å². The monoisotopic (exact) mass is 297 g/mol. The Kier molecular flexibility index (Phi) is 2.49. The van der Waals surface area contributed by atoms with Crippen LogP contribution in [-0.4, -0.2) is 0 Å². The lowest BCUT2D eigenvalue weighted by Crippen LogP contribution is -2.24. The molecule has 0 radical (unpaired) electrons. The van der Waals surface area contributed by atoms with Crippen LogP contribution in [-0.2, 0) is 3.55 Å². The van der Waals surface area contributed by atoms with E-state index in [0.29, 0.717) is 0 Å². The molecule has 0 aliphatic heterocycles. The molecule has 0 aromatic heterocycles. The van der Waals surface area contributed by atoms with Crippen molar-refractivity contribution in [1.29, 1.82) is 0 Å². The molecule has 0 heterocycles. The fraction of sp³-hybridized carbons (Fsp3) is 0.167. The van der Waals surface area contributed by atoms with Crippen molar-refractivity contribution >= 4 is 33.4 Å². The third-order valence-electron chi connectivity index (χ3n) is 2.31. The van der Waals surface area contributed by atoms with Gasteiger partial charge in [-0.05, 0) is 29.3 Å². The summed E-state index contributed by atoms with van der Waals surface area (Å²) in [4.78, 5) is 0. The normalized spacial score (nSPS) is 15.4. The van der Waals surface area contributed by atoms with E-state index >= 15 is 0 Å². The molecule has 0 saturated heterocycles. The molecule has 0 aliphatic carbocycles. The van der Waals surface area contributed by atoms with E-state index in [1.807, 2.05) is 19.1 Å². The Morgan fingerprint density at radius 2 is 1.71 bits per heavy atom. The maximum absolute atomic E-state index is 6.03. The SMILES string of the molecule is C[C@](N)(I)c1ccc2ccccc2c1. The molecule has 1 nitrogen and oxygen atoms in total. The maximum Gasteiger partial charge on any atom is 0.0906 e.